The summed E-state index contributed by atoms with van der Waals surface area (Å²) in [5.41, 5.74) is 3.27. The molecule has 5 unspecified atom stereocenters. The number of benzene rings is 4. The van der Waals surface area contributed by atoms with Crippen LogP contribution in [0.2, 0.25) is 0 Å². The molecule has 1 N–H and O–H groups in total. The average molecular weight is 532 g/mol. The smallest absolute Gasteiger partial charge is 0.282 e. The SMILES string of the molecule is O=[N+]([O-])c1ccc(C2Nc3ccc4ccccc4c3C3C(Cl)C(Sc4ccccc4[N+](=O)[O-])CC23)cc1. The first-order chi connectivity index (χ1) is 17.9. The lowest BCUT2D eigenvalue weighted by Gasteiger charge is -2.39. The van der Waals surface area contributed by atoms with Crippen molar-refractivity contribution in [2.75, 3.05) is 5.32 Å². The van der Waals surface area contributed by atoms with Crippen molar-refractivity contribution in [3.05, 3.63) is 116 Å². The zero-order valence-electron chi connectivity index (χ0n) is 19.5. The third kappa shape index (κ3) is 4.10. The maximum atomic E-state index is 11.7. The number of hydrogen-bond acceptors (Lipinski definition) is 6. The number of nitrogens with zero attached hydrogens (tertiary/aromatic N) is 2. The van der Waals surface area contributed by atoms with Gasteiger partial charge in [0.1, 0.15) is 0 Å². The van der Waals surface area contributed by atoms with Gasteiger partial charge in [0.25, 0.3) is 11.4 Å². The lowest BCUT2D eigenvalue weighted by molar-refractivity contribution is -0.387. The molecule has 186 valence electrons. The van der Waals surface area contributed by atoms with Crippen molar-refractivity contribution in [3.63, 3.8) is 0 Å². The molecule has 4 aromatic rings. The van der Waals surface area contributed by atoms with Crippen LogP contribution in [0.1, 0.15) is 29.5 Å². The summed E-state index contributed by atoms with van der Waals surface area (Å²) in [5, 5.41) is 28.5. The lowest BCUT2D eigenvalue weighted by atomic mass is 9.75. The highest BCUT2D eigenvalue weighted by Gasteiger charge is 2.51. The second-order valence-electron chi connectivity index (χ2n) is 9.47. The second kappa shape index (κ2) is 9.36. The summed E-state index contributed by atoms with van der Waals surface area (Å²) in [5.74, 6) is 0.104. The molecule has 1 fully saturated rings. The first-order valence-corrected chi connectivity index (χ1v) is 13.3. The van der Waals surface area contributed by atoms with Crippen LogP contribution in [-0.2, 0) is 0 Å². The van der Waals surface area contributed by atoms with E-state index in [9.17, 15) is 20.2 Å². The lowest BCUT2D eigenvalue weighted by Crippen LogP contribution is -2.31. The Bertz CT molecular complexity index is 1530. The van der Waals surface area contributed by atoms with Crippen molar-refractivity contribution >= 4 is 51.2 Å². The van der Waals surface area contributed by atoms with Crippen molar-refractivity contribution in [1.29, 1.82) is 0 Å². The molecule has 9 heteroatoms. The topological polar surface area (TPSA) is 98.3 Å². The summed E-state index contributed by atoms with van der Waals surface area (Å²) in [7, 11) is 0. The van der Waals surface area contributed by atoms with Gasteiger partial charge in [-0.2, -0.15) is 0 Å². The highest BCUT2D eigenvalue weighted by molar-refractivity contribution is 8.00. The largest absolute Gasteiger partial charge is 0.378 e. The Morgan fingerprint density at radius 2 is 1.59 bits per heavy atom. The number of fused-ring (bicyclic) bond motifs is 5. The van der Waals surface area contributed by atoms with Crippen LogP contribution in [0.5, 0.6) is 0 Å². The molecular formula is C28H22ClN3O4S. The van der Waals surface area contributed by atoms with Gasteiger partial charge in [-0.05, 0) is 46.4 Å². The van der Waals surface area contributed by atoms with Gasteiger partial charge in [-0.25, -0.2) is 0 Å². The number of rotatable bonds is 5. The number of anilines is 1. The van der Waals surface area contributed by atoms with Crippen LogP contribution in [0.3, 0.4) is 0 Å². The van der Waals surface area contributed by atoms with E-state index in [1.807, 2.05) is 30.3 Å². The molecule has 0 radical (unpaired) electrons. The number of halogens is 1. The molecule has 5 atom stereocenters. The van der Waals surface area contributed by atoms with Crippen LogP contribution >= 0.6 is 23.4 Å². The molecule has 7 nitrogen and oxygen atoms in total. The van der Waals surface area contributed by atoms with Gasteiger partial charge in [-0.15, -0.1) is 23.4 Å². The number of thioether (sulfide) groups is 1. The third-order valence-electron chi connectivity index (χ3n) is 7.51. The predicted molar refractivity (Wildman–Crippen MR) is 147 cm³/mol. The predicted octanol–water partition coefficient (Wildman–Crippen LogP) is 7.69. The Labute approximate surface area is 222 Å². The fourth-order valence-corrected chi connectivity index (χ4v) is 7.84. The molecule has 0 bridgehead atoms. The molecule has 1 heterocycles. The number of nitrogens with one attached hydrogen (secondary N) is 1. The van der Waals surface area contributed by atoms with Gasteiger partial charge in [0.2, 0.25) is 0 Å². The summed E-state index contributed by atoms with van der Waals surface area (Å²) >= 11 is 8.75. The Kier molecular flexibility index (Phi) is 6.01. The molecule has 2 aliphatic rings. The van der Waals surface area contributed by atoms with E-state index < -0.39 is 4.92 Å². The van der Waals surface area contributed by atoms with E-state index >= 15 is 0 Å². The van der Waals surface area contributed by atoms with Crippen molar-refractivity contribution in [3.8, 4) is 0 Å². The Hall–Kier alpha value is -3.62. The number of hydrogen-bond donors (Lipinski definition) is 1. The number of nitro groups is 2. The monoisotopic (exact) mass is 531 g/mol. The highest BCUT2D eigenvalue weighted by Crippen LogP contribution is 2.59. The summed E-state index contributed by atoms with van der Waals surface area (Å²) < 4.78 is 0. The average Bonchev–Trinajstić information content (AvgIpc) is 3.23. The van der Waals surface area contributed by atoms with Crippen LogP contribution in [0, 0.1) is 26.1 Å². The molecule has 1 aliphatic heterocycles. The number of non-ortho nitro benzene ring substituents is 1. The molecule has 0 saturated heterocycles. The zero-order chi connectivity index (χ0) is 25.7. The molecule has 6 rings (SSSR count). The number of para-hydroxylation sites is 1. The van der Waals surface area contributed by atoms with E-state index in [4.69, 9.17) is 11.6 Å². The van der Waals surface area contributed by atoms with E-state index in [0.29, 0.717) is 4.90 Å². The Balaban J connectivity index is 1.44. The van der Waals surface area contributed by atoms with Gasteiger partial charge >= 0.3 is 0 Å². The maximum Gasteiger partial charge on any atom is 0.282 e. The van der Waals surface area contributed by atoms with Gasteiger partial charge in [0.15, 0.2) is 0 Å². The summed E-state index contributed by atoms with van der Waals surface area (Å²) in [6.45, 7) is 0. The van der Waals surface area contributed by atoms with E-state index in [-0.39, 0.29) is 44.8 Å². The maximum absolute atomic E-state index is 11.7. The van der Waals surface area contributed by atoms with Crippen LogP contribution in [0.4, 0.5) is 17.1 Å². The summed E-state index contributed by atoms with van der Waals surface area (Å²) in [6, 6.07) is 25.8. The fourth-order valence-electron chi connectivity index (χ4n) is 5.90. The van der Waals surface area contributed by atoms with Crippen LogP contribution in [0.25, 0.3) is 10.8 Å². The quantitative estimate of drug-likeness (QED) is 0.161. The minimum atomic E-state index is -0.397. The van der Waals surface area contributed by atoms with E-state index in [1.165, 1.54) is 35.5 Å². The van der Waals surface area contributed by atoms with Crippen LogP contribution in [0.15, 0.2) is 89.8 Å². The van der Waals surface area contributed by atoms with Crippen molar-refractivity contribution in [2.24, 2.45) is 5.92 Å². The molecule has 37 heavy (non-hydrogen) atoms. The minimum Gasteiger partial charge on any atom is -0.378 e. The van der Waals surface area contributed by atoms with Crippen LogP contribution in [-0.4, -0.2) is 20.5 Å². The summed E-state index contributed by atoms with van der Waals surface area (Å²) in [6.07, 6.45) is 0.743. The van der Waals surface area contributed by atoms with Gasteiger partial charge in [0.05, 0.1) is 26.2 Å². The fraction of sp³-hybridized carbons (Fsp3) is 0.214. The molecule has 0 amide bonds. The molecular weight excluding hydrogens is 510 g/mol. The van der Waals surface area contributed by atoms with Crippen molar-refractivity contribution < 1.29 is 9.85 Å². The zero-order valence-corrected chi connectivity index (χ0v) is 21.1. The number of alkyl halides is 1. The van der Waals surface area contributed by atoms with E-state index in [1.54, 1.807) is 12.1 Å². The van der Waals surface area contributed by atoms with Crippen LogP contribution < -0.4 is 5.32 Å². The highest BCUT2D eigenvalue weighted by atomic mass is 35.5. The Morgan fingerprint density at radius 1 is 0.865 bits per heavy atom. The first-order valence-electron chi connectivity index (χ1n) is 12.0. The number of nitro benzene ring substituents is 2. The van der Waals surface area contributed by atoms with Gasteiger partial charge in [0, 0.05) is 35.1 Å². The molecule has 0 aromatic heterocycles. The van der Waals surface area contributed by atoms with Crippen molar-refractivity contribution in [2.45, 2.75) is 33.9 Å². The third-order valence-corrected chi connectivity index (χ3v) is 9.62. The van der Waals surface area contributed by atoms with Crippen molar-refractivity contribution in [1.82, 2.24) is 0 Å². The molecule has 1 aliphatic carbocycles. The Morgan fingerprint density at radius 3 is 2.35 bits per heavy atom. The van der Waals surface area contributed by atoms with Gasteiger partial charge < -0.3 is 5.32 Å². The molecule has 0 spiro atoms. The van der Waals surface area contributed by atoms with E-state index in [0.717, 1.165) is 28.4 Å². The van der Waals surface area contributed by atoms with E-state index in [2.05, 4.69) is 29.6 Å². The standard InChI is InChI=1S/C28H22ClN3O4S/c29-27-24(37-23-8-4-3-7-22(23)32(35)36)15-20-26(27)25-19-6-2-1-5-16(19)11-14-21(25)30-28(20)17-9-12-18(13-10-17)31(33)34/h1-14,20,24,26-28,30H,15H2. The van der Waals surface area contributed by atoms with Gasteiger partial charge in [-0.3, -0.25) is 20.2 Å². The normalized spacial score (nSPS) is 24.2. The first kappa shape index (κ1) is 23.8. The molecule has 4 aromatic carbocycles. The second-order valence-corrected chi connectivity index (χ2v) is 11.3. The minimum absolute atomic E-state index is 0.00415. The summed E-state index contributed by atoms with van der Waals surface area (Å²) in [4.78, 5) is 22.7. The molecule has 1 saturated carbocycles. The van der Waals surface area contributed by atoms with Gasteiger partial charge in [-0.1, -0.05) is 54.6 Å².